The maximum absolute atomic E-state index is 11.5. The maximum atomic E-state index is 11.5. The Morgan fingerprint density at radius 3 is 2.32 bits per heavy atom. The summed E-state index contributed by atoms with van der Waals surface area (Å²) in [5, 5.41) is 2.71. The van der Waals surface area contributed by atoms with Gasteiger partial charge >= 0.3 is 12.1 Å². The molecule has 0 aliphatic carbocycles. The van der Waals surface area contributed by atoms with Gasteiger partial charge in [-0.15, -0.1) is 0 Å². The van der Waals surface area contributed by atoms with Gasteiger partial charge in [-0.3, -0.25) is 0 Å². The lowest BCUT2D eigenvalue weighted by Crippen LogP contribution is -2.33. The Morgan fingerprint density at radius 2 is 1.77 bits per heavy atom. The lowest BCUT2D eigenvalue weighted by atomic mass is 10.2. The number of alkyl carbamates (subject to hydrolysis) is 1. The van der Waals surface area contributed by atoms with E-state index >= 15 is 0 Å². The third-order valence-electron chi connectivity index (χ3n) is 2.73. The first-order chi connectivity index (χ1) is 10.3. The van der Waals surface area contributed by atoms with Gasteiger partial charge in [0, 0.05) is 13.2 Å². The van der Waals surface area contributed by atoms with Crippen LogP contribution in [0.15, 0.2) is 0 Å². The highest BCUT2D eigenvalue weighted by Crippen LogP contribution is 2.07. The Hall–Kier alpha value is -1.30. The highest BCUT2D eigenvalue weighted by Gasteiger charge is 2.17. The normalized spacial score (nSPS) is 12.6. The molecule has 1 unspecified atom stereocenters. The predicted octanol–water partition coefficient (Wildman–Crippen LogP) is 3.04. The van der Waals surface area contributed by atoms with Crippen molar-refractivity contribution in [3.8, 4) is 0 Å². The molecule has 22 heavy (non-hydrogen) atoms. The number of nitrogens with one attached hydrogen (secondary N) is 1. The van der Waals surface area contributed by atoms with Crippen LogP contribution in [0.4, 0.5) is 4.79 Å². The van der Waals surface area contributed by atoms with E-state index < -0.39 is 17.8 Å². The second kappa shape index (κ2) is 11.3. The molecule has 130 valence electrons. The van der Waals surface area contributed by atoms with E-state index in [0.29, 0.717) is 26.2 Å². The third kappa shape index (κ3) is 11.4. The van der Waals surface area contributed by atoms with Crippen molar-refractivity contribution in [2.24, 2.45) is 0 Å². The monoisotopic (exact) mass is 317 g/mol. The summed E-state index contributed by atoms with van der Waals surface area (Å²) >= 11 is 0. The van der Waals surface area contributed by atoms with Crippen LogP contribution in [0.2, 0.25) is 0 Å². The zero-order valence-corrected chi connectivity index (χ0v) is 14.6. The van der Waals surface area contributed by atoms with Gasteiger partial charge < -0.3 is 19.5 Å². The van der Waals surface area contributed by atoms with Crippen LogP contribution in [0.5, 0.6) is 0 Å². The fourth-order valence-corrected chi connectivity index (χ4v) is 1.72. The van der Waals surface area contributed by atoms with E-state index in [1.165, 1.54) is 0 Å². The number of hydrogen-bond acceptors (Lipinski definition) is 5. The minimum absolute atomic E-state index is 0.295. The summed E-state index contributed by atoms with van der Waals surface area (Å²) in [6.07, 6.45) is 2.34. The second-order valence-corrected chi connectivity index (χ2v) is 6.01. The van der Waals surface area contributed by atoms with Crippen molar-refractivity contribution >= 4 is 12.1 Å². The van der Waals surface area contributed by atoms with Crippen LogP contribution in [0.3, 0.4) is 0 Å². The van der Waals surface area contributed by atoms with Gasteiger partial charge in [-0.25, -0.2) is 9.59 Å². The molecular formula is C16H31NO5. The van der Waals surface area contributed by atoms with E-state index in [4.69, 9.17) is 14.2 Å². The molecule has 0 spiro atoms. The molecule has 0 aliphatic heterocycles. The molecule has 0 aromatic rings. The Kier molecular flexibility index (Phi) is 10.6. The van der Waals surface area contributed by atoms with Crippen LogP contribution >= 0.6 is 0 Å². The number of esters is 1. The number of amides is 1. The molecule has 0 aliphatic rings. The van der Waals surface area contributed by atoms with Gasteiger partial charge in [0.15, 0.2) is 6.10 Å². The molecule has 6 heteroatoms. The van der Waals surface area contributed by atoms with E-state index in [0.717, 1.165) is 19.3 Å². The summed E-state index contributed by atoms with van der Waals surface area (Å²) in [5.41, 5.74) is -0.472. The van der Waals surface area contributed by atoms with Crippen LogP contribution in [0, 0.1) is 0 Å². The third-order valence-corrected chi connectivity index (χ3v) is 2.73. The first-order valence-electron chi connectivity index (χ1n) is 8.05. The smallest absolute Gasteiger partial charge is 0.407 e. The van der Waals surface area contributed by atoms with E-state index in [9.17, 15) is 9.59 Å². The predicted molar refractivity (Wildman–Crippen MR) is 84.8 cm³/mol. The van der Waals surface area contributed by atoms with E-state index in [1.54, 1.807) is 6.92 Å². The average Bonchev–Trinajstić information content (AvgIpc) is 2.40. The fraction of sp³-hybridized carbons (Fsp3) is 0.875. The van der Waals surface area contributed by atoms with E-state index in [2.05, 4.69) is 5.32 Å². The van der Waals surface area contributed by atoms with Crippen molar-refractivity contribution < 1.29 is 23.8 Å². The van der Waals surface area contributed by atoms with Crippen molar-refractivity contribution in [3.05, 3.63) is 0 Å². The second-order valence-electron chi connectivity index (χ2n) is 6.01. The molecule has 1 atom stereocenters. The number of ether oxygens (including phenoxy) is 3. The van der Waals surface area contributed by atoms with Crippen LogP contribution in [-0.4, -0.2) is 43.5 Å². The summed E-state index contributed by atoms with van der Waals surface area (Å²) in [5.74, 6) is -0.295. The number of rotatable bonds is 10. The average molecular weight is 317 g/mol. The Balaban J connectivity index is 3.61. The minimum Gasteiger partial charge on any atom is -0.464 e. The van der Waals surface area contributed by atoms with Gasteiger partial charge in [-0.1, -0.05) is 6.92 Å². The van der Waals surface area contributed by atoms with Crippen LogP contribution in [0.25, 0.3) is 0 Å². The Bertz CT molecular complexity index is 325. The zero-order chi connectivity index (χ0) is 17.0. The minimum atomic E-state index is -0.472. The molecule has 1 N–H and O–H groups in total. The topological polar surface area (TPSA) is 73.9 Å². The molecule has 6 nitrogen and oxygen atoms in total. The molecule has 1 amide bonds. The quantitative estimate of drug-likeness (QED) is 0.495. The summed E-state index contributed by atoms with van der Waals surface area (Å²) in [4.78, 5) is 22.9. The van der Waals surface area contributed by atoms with Gasteiger partial charge in [0.1, 0.15) is 5.60 Å². The summed E-state index contributed by atoms with van der Waals surface area (Å²) in [7, 11) is 0. The van der Waals surface area contributed by atoms with E-state index in [1.807, 2.05) is 27.7 Å². The summed E-state index contributed by atoms with van der Waals surface area (Å²) in [6, 6.07) is 0. The van der Waals surface area contributed by atoms with Crippen molar-refractivity contribution in [1.29, 1.82) is 0 Å². The Labute approximate surface area is 133 Å². The molecule has 0 aromatic heterocycles. The van der Waals surface area contributed by atoms with Crippen molar-refractivity contribution in [2.45, 2.75) is 72.0 Å². The number of carbonyl (C=O) groups is 2. The van der Waals surface area contributed by atoms with Crippen molar-refractivity contribution in [3.63, 3.8) is 0 Å². The summed E-state index contributed by atoms with van der Waals surface area (Å²) < 4.78 is 15.6. The summed E-state index contributed by atoms with van der Waals surface area (Å²) in [6.45, 7) is 10.6. The van der Waals surface area contributed by atoms with Gasteiger partial charge in [0.05, 0.1) is 6.61 Å². The van der Waals surface area contributed by atoms with Gasteiger partial charge in [-0.2, -0.15) is 0 Å². The van der Waals surface area contributed by atoms with Gasteiger partial charge in [0.25, 0.3) is 0 Å². The zero-order valence-electron chi connectivity index (χ0n) is 14.6. The number of carbonyl (C=O) groups excluding carboxylic acids is 2. The molecule has 0 saturated carbocycles. The van der Waals surface area contributed by atoms with Gasteiger partial charge in [0.2, 0.25) is 0 Å². The number of hydrogen-bond donors (Lipinski definition) is 1. The molecule has 0 bridgehead atoms. The van der Waals surface area contributed by atoms with Crippen molar-refractivity contribution in [1.82, 2.24) is 5.32 Å². The van der Waals surface area contributed by atoms with Crippen LogP contribution in [-0.2, 0) is 19.0 Å². The lowest BCUT2D eigenvalue weighted by molar-refractivity contribution is -0.157. The van der Waals surface area contributed by atoms with Crippen molar-refractivity contribution in [2.75, 3.05) is 19.8 Å². The highest BCUT2D eigenvalue weighted by atomic mass is 16.6. The first-order valence-corrected chi connectivity index (χ1v) is 8.05. The SMILES string of the molecule is CCOC(=O)C(CC)OCCCCCNC(=O)OC(C)(C)C. The molecule has 0 heterocycles. The fourth-order valence-electron chi connectivity index (χ4n) is 1.72. The van der Waals surface area contributed by atoms with E-state index in [-0.39, 0.29) is 5.97 Å². The van der Waals surface area contributed by atoms with Crippen LogP contribution < -0.4 is 5.32 Å². The molecule has 0 radical (unpaired) electrons. The molecule has 0 rings (SSSR count). The molecular weight excluding hydrogens is 286 g/mol. The maximum Gasteiger partial charge on any atom is 0.407 e. The van der Waals surface area contributed by atoms with Gasteiger partial charge in [-0.05, 0) is 53.4 Å². The standard InChI is InChI=1S/C16H31NO5/c1-6-13(14(18)20-7-2)21-12-10-8-9-11-17-15(19)22-16(3,4)5/h13H,6-12H2,1-5H3,(H,17,19). The Morgan fingerprint density at radius 1 is 1.09 bits per heavy atom. The molecule has 0 aromatic carbocycles. The molecule has 0 saturated heterocycles. The number of unbranched alkanes of at least 4 members (excludes halogenated alkanes) is 2. The van der Waals surface area contributed by atoms with Crippen LogP contribution in [0.1, 0.15) is 60.3 Å². The largest absolute Gasteiger partial charge is 0.464 e. The molecule has 0 fully saturated rings. The first kappa shape index (κ1) is 20.7. The highest BCUT2D eigenvalue weighted by molar-refractivity contribution is 5.74. The lowest BCUT2D eigenvalue weighted by Gasteiger charge is -2.19.